The van der Waals surface area contributed by atoms with Crippen LogP contribution in [0.4, 0.5) is 8.78 Å². The molecule has 1 amide bonds. The molecular formula is C15H11BrClF2NO. The van der Waals surface area contributed by atoms with E-state index < -0.39 is 23.1 Å². The first-order chi connectivity index (χ1) is 9.88. The smallest absolute Gasteiger partial charge is 0.259 e. The number of amides is 1. The van der Waals surface area contributed by atoms with Crippen molar-refractivity contribution in [3.63, 3.8) is 0 Å². The summed E-state index contributed by atoms with van der Waals surface area (Å²) in [5.74, 6) is -2.52. The van der Waals surface area contributed by atoms with E-state index in [9.17, 15) is 13.6 Å². The fourth-order valence-corrected chi connectivity index (χ4v) is 2.53. The van der Waals surface area contributed by atoms with Gasteiger partial charge in [0.1, 0.15) is 17.2 Å². The minimum atomic E-state index is -0.898. The third-order valence-electron chi connectivity index (χ3n) is 2.88. The molecule has 6 heteroatoms. The van der Waals surface area contributed by atoms with Gasteiger partial charge in [-0.3, -0.25) is 4.79 Å². The Morgan fingerprint density at radius 1 is 1.24 bits per heavy atom. The maximum absolute atomic E-state index is 13.8. The topological polar surface area (TPSA) is 20.3 Å². The second-order valence-corrected chi connectivity index (χ2v) is 5.89. The van der Waals surface area contributed by atoms with E-state index in [1.54, 1.807) is 24.3 Å². The summed E-state index contributed by atoms with van der Waals surface area (Å²) in [5, 5.41) is 0.536. The van der Waals surface area contributed by atoms with Crippen molar-refractivity contribution in [3.05, 3.63) is 68.7 Å². The lowest BCUT2D eigenvalue weighted by atomic mass is 10.1. The zero-order valence-corrected chi connectivity index (χ0v) is 13.4. The van der Waals surface area contributed by atoms with E-state index in [4.69, 9.17) is 11.6 Å². The summed E-state index contributed by atoms with van der Waals surface area (Å²) < 4.78 is 27.8. The zero-order chi connectivity index (χ0) is 15.6. The average Bonchev–Trinajstić information content (AvgIpc) is 2.37. The van der Waals surface area contributed by atoms with Crippen molar-refractivity contribution in [2.45, 2.75) is 6.54 Å². The van der Waals surface area contributed by atoms with Crippen LogP contribution < -0.4 is 0 Å². The average molecular weight is 375 g/mol. The molecule has 0 atom stereocenters. The highest BCUT2D eigenvalue weighted by molar-refractivity contribution is 9.10. The third-order valence-corrected chi connectivity index (χ3v) is 3.57. The molecule has 0 aromatic heterocycles. The Bertz CT molecular complexity index is 670. The highest BCUT2D eigenvalue weighted by atomic mass is 79.9. The molecule has 0 unspecified atom stereocenters. The molecule has 0 saturated carbocycles. The van der Waals surface area contributed by atoms with Crippen molar-refractivity contribution in [1.29, 1.82) is 0 Å². The van der Waals surface area contributed by atoms with Gasteiger partial charge in [-0.05, 0) is 29.8 Å². The molecule has 0 saturated heterocycles. The minimum absolute atomic E-state index is 0.203. The number of halogens is 4. The first kappa shape index (κ1) is 15.9. The predicted molar refractivity (Wildman–Crippen MR) is 81.3 cm³/mol. The second kappa shape index (κ2) is 6.54. The van der Waals surface area contributed by atoms with Gasteiger partial charge in [0.25, 0.3) is 5.91 Å². The quantitative estimate of drug-likeness (QED) is 0.765. The van der Waals surface area contributed by atoms with Gasteiger partial charge in [0.15, 0.2) is 0 Å². The first-order valence-electron chi connectivity index (χ1n) is 6.03. The van der Waals surface area contributed by atoms with Gasteiger partial charge in [0, 0.05) is 23.1 Å². The van der Waals surface area contributed by atoms with E-state index in [-0.39, 0.29) is 11.0 Å². The molecule has 21 heavy (non-hydrogen) atoms. The molecule has 0 N–H and O–H groups in total. The molecule has 2 aromatic carbocycles. The van der Waals surface area contributed by atoms with Crippen LogP contribution in [-0.2, 0) is 6.54 Å². The zero-order valence-electron chi connectivity index (χ0n) is 11.0. The number of hydrogen-bond donors (Lipinski definition) is 0. The molecule has 0 aliphatic rings. The molecule has 2 rings (SSSR count). The minimum Gasteiger partial charge on any atom is -0.337 e. The maximum Gasteiger partial charge on any atom is 0.259 e. The van der Waals surface area contributed by atoms with Crippen LogP contribution in [0.25, 0.3) is 0 Å². The first-order valence-corrected chi connectivity index (χ1v) is 7.20. The van der Waals surface area contributed by atoms with Gasteiger partial charge >= 0.3 is 0 Å². The number of hydrogen-bond acceptors (Lipinski definition) is 1. The summed E-state index contributed by atoms with van der Waals surface area (Å²) >= 11 is 8.84. The normalized spacial score (nSPS) is 10.5. The van der Waals surface area contributed by atoms with Gasteiger partial charge in [-0.15, -0.1) is 0 Å². The lowest BCUT2D eigenvalue weighted by Crippen LogP contribution is -2.28. The monoisotopic (exact) mass is 373 g/mol. The summed E-state index contributed by atoms with van der Waals surface area (Å²) in [6.45, 7) is 0.203. The largest absolute Gasteiger partial charge is 0.337 e. The molecule has 0 fully saturated rings. The summed E-state index contributed by atoms with van der Waals surface area (Å²) in [6, 6.07) is 9.05. The van der Waals surface area contributed by atoms with Crippen LogP contribution >= 0.6 is 27.5 Å². The highest BCUT2D eigenvalue weighted by Gasteiger charge is 2.21. The molecular weight excluding hydrogens is 364 g/mol. The molecule has 0 spiro atoms. The van der Waals surface area contributed by atoms with Gasteiger partial charge in [-0.2, -0.15) is 0 Å². The fourth-order valence-electron chi connectivity index (χ4n) is 1.92. The molecule has 0 bridgehead atoms. The molecule has 0 radical (unpaired) electrons. The van der Waals surface area contributed by atoms with E-state index >= 15 is 0 Å². The number of benzene rings is 2. The van der Waals surface area contributed by atoms with E-state index in [2.05, 4.69) is 15.9 Å². The van der Waals surface area contributed by atoms with Crippen molar-refractivity contribution in [3.8, 4) is 0 Å². The molecule has 110 valence electrons. The van der Waals surface area contributed by atoms with Crippen molar-refractivity contribution < 1.29 is 13.6 Å². The number of nitrogens with zero attached hydrogens (tertiary/aromatic N) is 1. The number of rotatable bonds is 3. The van der Waals surface area contributed by atoms with Gasteiger partial charge < -0.3 is 4.90 Å². The lowest BCUT2D eigenvalue weighted by Gasteiger charge is -2.18. The number of carbonyl (C=O) groups is 1. The van der Waals surface area contributed by atoms with E-state index in [1.807, 2.05) is 0 Å². The molecule has 0 aliphatic heterocycles. The Morgan fingerprint density at radius 3 is 2.43 bits per heavy atom. The van der Waals surface area contributed by atoms with Crippen LogP contribution in [0.3, 0.4) is 0 Å². The molecule has 2 nitrogen and oxygen atoms in total. The van der Waals surface area contributed by atoms with E-state index in [0.717, 1.165) is 17.7 Å². The van der Waals surface area contributed by atoms with Crippen molar-refractivity contribution in [2.24, 2.45) is 0 Å². The van der Waals surface area contributed by atoms with Crippen LogP contribution in [0.15, 0.2) is 40.9 Å². The van der Waals surface area contributed by atoms with Crippen LogP contribution in [0.2, 0.25) is 5.02 Å². The van der Waals surface area contributed by atoms with Crippen molar-refractivity contribution in [2.75, 3.05) is 7.05 Å². The SMILES string of the molecule is CN(Cc1cccc(Cl)c1)C(=O)c1c(F)cc(Br)cc1F. The fraction of sp³-hybridized carbons (Fsp3) is 0.133. The Balaban J connectivity index is 2.24. The van der Waals surface area contributed by atoms with E-state index in [1.165, 1.54) is 11.9 Å². The Morgan fingerprint density at radius 2 is 1.86 bits per heavy atom. The van der Waals surface area contributed by atoms with Crippen LogP contribution in [-0.4, -0.2) is 17.9 Å². The second-order valence-electron chi connectivity index (χ2n) is 4.54. The molecule has 0 heterocycles. The van der Waals surface area contributed by atoms with Crippen molar-refractivity contribution in [1.82, 2.24) is 4.90 Å². The number of carbonyl (C=O) groups excluding carboxylic acids is 1. The van der Waals surface area contributed by atoms with Crippen molar-refractivity contribution >= 4 is 33.4 Å². The highest BCUT2D eigenvalue weighted by Crippen LogP contribution is 2.21. The van der Waals surface area contributed by atoms with Crippen LogP contribution in [0.1, 0.15) is 15.9 Å². The van der Waals surface area contributed by atoms with Crippen LogP contribution in [0, 0.1) is 11.6 Å². The Hall–Kier alpha value is -1.46. The maximum atomic E-state index is 13.8. The standard InChI is InChI=1S/C15H11BrClF2NO/c1-20(8-9-3-2-4-11(17)5-9)15(21)14-12(18)6-10(16)7-13(14)19/h2-7H,8H2,1H3. The van der Waals surface area contributed by atoms with Gasteiger partial charge in [-0.1, -0.05) is 39.7 Å². The Labute approximate surface area is 134 Å². The van der Waals surface area contributed by atoms with Crippen LogP contribution in [0.5, 0.6) is 0 Å². The molecule has 0 aliphatic carbocycles. The third kappa shape index (κ3) is 3.80. The summed E-state index contributed by atoms with van der Waals surface area (Å²) in [7, 11) is 1.48. The van der Waals surface area contributed by atoms with Gasteiger partial charge in [0.05, 0.1) is 0 Å². The Kier molecular flexibility index (Phi) is 4.96. The summed E-state index contributed by atoms with van der Waals surface area (Å²) in [4.78, 5) is 13.4. The van der Waals surface area contributed by atoms with E-state index in [0.29, 0.717) is 5.02 Å². The summed E-state index contributed by atoms with van der Waals surface area (Å²) in [5.41, 5.74) is 0.207. The van der Waals surface area contributed by atoms with Gasteiger partial charge in [0.2, 0.25) is 0 Å². The summed E-state index contributed by atoms with van der Waals surface area (Å²) in [6.07, 6.45) is 0. The molecule has 2 aromatic rings. The lowest BCUT2D eigenvalue weighted by molar-refractivity contribution is 0.0775. The predicted octanol–water partition coefficient (Wildman–Crippen LogP) is 4.65. The van der Waals surface area contributed by atoms with Gasteiger partial charge in [-0.25, -0.2) is 8.78 Å².